The summed E-state index contributed by atoms with van der Waals surface area (Å²) in [4.78, 5) is 3.43. The molecule has 2 nitrogen and oxygen atoms in total. The van der Waals surface area contributed by atoms with Crippen molar-refractivity contribution in [2.75, 3.05) is 0 Å². The zero-order valence-electron chi connectivity index (χ0n) is 14.5. The van der Waals surface area contributed by atoms with Crippen molar-refractivity contribution >= 4 is 0 Å². The summed E-state index contributed by atoms with van der Waals surface area (Å²) < 4.78 is 2.38. The molecule has 0 saturated heterocycles. The van der Waals surface area contributed by atoms with Gasteiger partial charge in [0.1, 0.15) is 18.1 Å². The van der Waals surface area contributed by atoms with Crippen LogP contribution in [0.2, 0.25) is 0 Å². The number of hydrogen-bond donors (Lipinski definition) is 1. The van der Waals surface area contributed by atoms with E-state index < -0.39 is 0 Å². The van der Waals surface area contributed by atoms with E-state index in [1.165, 1.54) is 35.5 Å². The molecule has 0 atom stereocenters. The molecular formula is C19H29ClN2. The van der Waals surface area contributed by atoms with Gasteiger partial charge >= 0.3 is 0 Å². The minimum atomic E-state index is 0. The molecule has 3 heteroatoms. The Labute approximate surface area is 141 Å². The Morgan fingerprint density at radius 3 is 2.14 bits per heavy atom. The predicted octanol–water partition coefficient (Wildman–Crippen LogP) is 1.88. The first-order chi connectivity index (χ1) is 10.1. The fourth-order valence-electron chi connectivity index (χ4n) is 2.90. The van der Waals surface area contributed by atoms with Crippen LogP contribution >= 0.6 is 0 Å². The van der Waals surface area contributed by atoms with Crippen molar-refractivity contribution in [3.63, 3.8) is 0 Å². The highest BCUT2D eigenvalue weighted by Gasteiger charge is 2.22. The standard InChI is InChI=1S/C19H28N2.ClH/c1-6-7-11-18-20-12-13-21(18)19-16(14(2)3)9-8-10-17(19)15(4)5;/h8-10,12-15H,6-7,11H2,1-5H3;1H. The molecule has 1 N–H and O–H groups in total. The van der Waals surface area contributed by atoms with Crippen molar-refractivity contribution in [2.45, 2.75) is 65.7 Å². The van der Waals surface area contributed by atoms with Crippen LogP contribution in [0.5, 0.6) is 0 Å². The molecule has 0 bridgehead atoms. The van der Waals surface area contributed by atoms with Crippen molar-refractivity contribution < 1.29 is 17.0 Å². The fraction of sp³-hybridized carbons (Fsp3) is 0.526. The number of rotatable bonds is 6. The van der Waals surface area contributed by atoms with E-state index in [-0.39, 0.29) is 12.4 Å². The second kappa shape index (κ2) is 8.38. The van der Waals surface area contributed by atoms with E-state index in [0.717, 1.165) is 6.42 Å². The molecular weight excluding hydrogens is 292 g/mol. The lowest BCUT2D eigenvalue weighted by atomic mass is 9.92. The molecule has 0 aliphatic carbocycles. The Morgan fingerprint density at radius 2 is 1.64 bits per heavy atom. The second-order valence-electron chi connectivity index (χ2n) is 6.47. The van der Waals surface area contributed by atoms with Crippen LogP contribution in [0, 0.1) is 0 Å². The summed E-state index contributed by atoms with van der Waals surface area (Å²) >= 11 is 0. The molecule has 1 heterocycles. The second-order valence-corrected chi connectivity index (χ2v) is 6.47. The number of imidazole rings is 1. The summed E-state index contributed by atoms with van der Waals surface area (Å²) in [7, 11) is 0. The number of nitrogens with zero attached hydrogens (tertiary/aromatic N) is 1. The van der Waals surface area contributed by atoms with Crippen LogP contribution in [-0.4, -0.2) is 4.98 Å². The maximum absolute atomic E-state index is 3.43. The molecule has 0 aliphatic rings. The van der Waals surface area contributed by atoms with Gasteiger partial charge in [-0.2, -0.15) is 4.57 Å². The van der Waals surface area contributed by atoms with Crippen molar-refractivity contribution in [1.29, 1.82) is 0 Å². The van der Waals surface area contributed by atoms with E-state index in [0.29, 0.717) is 11.8 Å². The monoisotopic (exact) mass is 320 g/mol. The van der Waals surface area contributed by atoms with Crippen molar-refractivity contribution in [3.05, 3.63) is 47.5 Å². The number of aromatic nitrogens is 2. The minimum Gasteiger partial charge on any atom is -1.00 e. The third kappa shape index (κ3) is 3.92. The molecule has 2 aromatic rings. The Hall–Kier alpha value is -1.28. The average Bonchev–Trinajstić information content (AvgIpc) is 2.92. The first-order valence-corrected chi connectivity index (χ1v) is 8.27. The molecule has 1 aromatic carbocycles. The molecule has 0 unspecified atom stereocenters. The smallest absolute Gasteiger partial charge is 0.259 e. The Bertz CT molecular complexity index is 559. The van der Waals surface area contributed by atoms with E-state index in [1.54, 1.807) is 0 Å². The van der Waals surface area contributed by atoms with Gasteiger partial charge in [0.05, 0.1) is 0 Å². The van der Waals surface area contributed by atoms with Crippen molar-refractivity contribution in [2.24, 2.45) is 0 Å². The van der Waals surface area contributed by atoms with Crippen molar-refractivity contribution in [1.82, 2.24) is 4.98 Å². The Balaban J connectivity index is 0.00000242. The van der Waals surface area contributed by atoms with Gasteiger partial charge in [0, 0.05) is 17.5 Å². The first-order valence-electron chi connectivity index (χ1n) is 8.27. The molecule has 0 saturated carbocycles. The van der Waals surface area contributed by atoms with Crippen LogP contribution in [0.1, 0.15) is 76.2 Å². The highest BCUT2D eigenvalue weighted by atomic mass is 35.5. The molecule has 0 aliphatic heterocycles. The quantitative estimate of drug-likeness (QED) is 0.784. The van der Waals surface area contributed by atoms with Gasteiger partial charge < -0.3 is 12.4 Å². The molecule has 0 radical (unpaired) electrons. The molecule has 122 valence electrons. The summed E-state index contributed by atoms with van der Waals surface area (Å²) in [5.74, 6) is 2.37. The van der Waals surface area contributed by atoms with Crippen LogP contribution in [-0.2, 0) is 6.42 Å². The minimum absolute atomic E-state index is 0. The number of unbranched alkanes of at least 4 members (excludes halogenated alkanes) is 1. The lowest BCUT2D eigenvalue weighted by Crippen LogP contribution is -3.00. The van der Waals surface area contributed by atoms with Gasteiger partial charge in [-0.3, -0.25) is 0 Å². The molecule has 0 fully saturated rings. The lowest BCUT2D eigenvalue weighted by molar-refractivity contribution is -0.604. The van der Waals surface area contributed by atoms with Crippen molar-refractivity contribution in [3.8, 4) is 5.69 Å². The average molecular weight is 321 g/mol. The van der Waals surface area contributed by atoms with E-state index in [4.69, 9.17) is 0 Å². The highest BCUT2D eigenvalue weighted by molar-refractivity contribution is 5.45. The highest BCUT2D eigenvalue weighted by Crippen LogP contribution is 2.28. The molecule has 1 aromatic heterocycles. The number of H-pyrrole nitrogens is 1. The Morgan fingerprint density at radius 1 is 1.05 bits per heavy atom. The molecule has 2 rings (SSSR count). The number of aryl methyl sites for hydroxylation is 1. The fourth-order valence-corrected chi connectivity index (χ4v) is 2.90. The number of aromatic amines is 1. The lowest BCUT2D eigenvalue weighted by Gasteiger charge is -2.17. The topological polar surface area (TPSA) is 19.7 Å². The normalized spacial score (nSPS) is 11.0. The van der Waals surface area contributed by atoms with Gasteiger partial charge in [-0.05, 0) is 18.3 Å². The van der Waals surface area contributed by atoms with E-state index in [9.17, 15) is 0 Å². The van der Waals surface area contributed by atoms with Crippen LogP contribution < -0.4 is 17.0 Å². The van der Waals surface area contributed by atoms with Crippen LogP contribution in [0.15, 0.2) is 30.6 Å². The summed E-state index contributed by atoms with van der Waals surface area (Å²) in [6, 6.07) is 6.75. The number of halogens is 1. The third-order valence-electron chi connectivity index (χ3n) is 4.11. The van der Waals surface area contributed by atoms with E-state index in [1.807, 2.05) is 0 Å². The summed E-state index contributed by atoms with van der Waals surface area (Å²) in [5.41, 5.74) is 4.25. The SMILES string of the molecule is CCCCc1[nH]cc[n+]1-c1c(C(C)C)cccc1C(C)C.[Cl-]. The first kappa shape index (κ1) is 18.8. The maximum atomic E-state index is 3.43. The van der Waals surface area contributed by atoms with E-state index in [2.05, 4.69) is 74.8 Å². The maximum Gasteiger partial charge on any atom is 0.259 e. The largest absolute Gasteiger partial charge is 1.00 e. The summed E-state index contributed by atoms with van der Waals surface area (Å²) in [6.45, 7) is 11.4. The van der Waals surface area contributed by atoms with Gasteiger partial charge in [0.25, 0.3) is 5.82 Å². The van der Waals surface area contributed by atoms with Gasteiger partial charge in [-0.25, -0.2) is 4.98 Å². The van der Waals surface area contributed by atoms with Gasteiger partial charge in [-0.15, -0.1) is 0 Å². The summed E-state index contributed by atoms with van der Waals surface area (Å²) in [5, 5.41) is 0. The summed E-state index contributed by atoms with van der Waals surface area (Å²) in [6.07, 6.45) is 7.79. The zero-order chi connectivity index (χ0) is 15.4. The van der Waals surface area contributed by atoms with Crippen LogP contribution in [0.4, 0.5) is 0 Å². The number of hydrogen-bond acceptors (Lipinski definition) is 0. The third-order valence-corrected chi connectivity index (χ3v) is 4.11. The van der Waals surface area contributed by atoms with Crippen LogP contribution in [0.3, 0.4) is 0 Å². The van der Waals surface area contributed by atoms with Gasteiger partial charge in [0.2, 0.25) is 0 Å². The number of para-hydroxylation sites is 1. The molecule has 0 amide bonds. The predicted molar refractivity (Wildman–Crippen MR) is 89.1 cm³/mol. The van der Waals surface area contributed by atoms with Gasteiger partial charge in [0.15, 0.2) is 0 Å². The van der Waals surface area contributed by atoms with Crippen LogP contribution in [0.25, 0.3) is 5.69 Å². The molecule has 22 heavy (non-hydrogen) atoms. The van der Waals surface area contributed by atoms with E-state index >= 15 is 0 Å². The van der Waals surface area contributed by atoms with Gasteiger partial charge in [-0.1, -0.05) is 59.2 Å². The zero-order valence-corrected chi connectivity index (χ0v) is 15.2. The Kier molecular flexibility index (Phi) is 7.15. The molecule has 0 spiro atoms. The number of benzene rings is 1. The number of nitrogens with one attached hydrogen (secondary N) is 1.